The first kappa shape index (κ1) is 10.6. The van der Waals surface area contributed by atoms with Gasteiger partial charge in [-0.1, -0.05) is 35.3 Å². The van der Waals surface area contributed by atoms with Crippen molar-refractivity contribution < 1.29 is 4.79 Å². The first-order valence-corrected chi connectivity index (χ1v) is 4.56. The Bertz CT molecular complexity index is 358. The summed E-state index contributed by atoms with van der Waals surface area (Å²) in [6.07, 6.45) is 2.74. The van der Waals surface area contributed by atoms with E-state index in [0.29, 0.717) is 15.6 Å². The van der Waals surface area contributed by atoms with E-state index in [1.807, 2.05) is 0 Å². The molecule has 1 aromatic rings. The molecule has 1 nitrogen and oxygen atoms in total. The highest BCUT2D eigenvalue weighted by atomic mass is 35.5. The Hall–Kier alpha value is -0.500. The Balaban J connectivity index is 3.02. The third-order valence-electron chi connectivity index (χ3n) is 1.38. The van der Waals surface area contributed by atoms with Crippen LogP contribution in [-0.4, -0.2) is 5.24 Å². The highest BCUT2D eigenvalue weighted by molar-refractivity contribution is 6.66. The summed E-state index contributed by atoms with van der Waals surface area (Å²) in [7, 11) is 0. The van der Waals surface area contributed by atoms with Gasteiger partial charge in [-0.05, 0) is 35.4 Å². The van der Waals surface area contributed by atoms with E-state index in [9.17, 15) is 4.79 Å². The minimum absolute atomic E-state index is 0.415. The highest BCUT2D eigenvalue weighted by Gasteiger charge is 2.00. The van der Waals surface area contributed by atoms with E-state index in [2.05, 4.69) is 0 Å². The number of hydrogen-bond donors (Lipinski definition) is 0. The lowest BCUT2D eigenvalue weighted by molar-refractivity contribution is -0.107. The molecule has 0 radical (unpaired) electrons. The maximum Gasteiger partial charge on any atom is 0.245 e. The van der Waals surface area contributed by atoms with Crippen LogP contribution in [-0.2, 0) is 4.79 Å². The molecule has 0 saturated heterocycles. The van der Waals surface area contributed by atoms with Gasteiger partial charge in [0, 0.05) is 0 Å². The minimum Gasteiger partial charge on any atom is -0.276 e. The van der Waals surface area contributed by atoms with Gasteiger partial charge in [0.25, 0.3) is 0 Å². The predicted molar refractivity (Wildman–Crippen MR) is 56.4 cm³/mol. The first-order valence-electron chi connectivity index (χ1n) is 3.43. The van der Waals surface area contributed by atoms with Gasteiger partial charge in [-0.3, -0.25) is 4.79 Å². The fourth-order valence-corrected chi connectivity index (χ4v) is 1.24. The van der Waals surface area contributed by atoms with E-state index in [-0.39, 0.29) is 0 Å². The zero-order chi connectivity index (χ0) is 9.84. The molecule has 68 valence electrons. The third kappa shape index (κ3) is 3.03. The van der Waals surface area contributed by atoms with Crippen molar-refractivity contribution in [3.8, 4) is 0 Å². The summed E-state index contributed by atoms with van der Waals surface area (Å²) in [6.45, 7) is 0. The molecule has 0 fully saturated rings. The summed E-state index contributed by atoms with van der Waals surface area (Å²) in [6, 6.07) is 5.15. The molecule has 0 aromatic heterocycles. The largest absolute Gasteiger partial charge is 0.276 e. The second kappa shape index (κ2) is 4.66. The molecule has 0 atom stereocenters. The van der Waals surface area contributed by atoms with E-state index < -0.39 is 5.24 Å². The zero-order valence-corrected chi connectivity index (χ0v) is 8.70. The summed E-state index contributed by atoms with van der Waals surface area (Å²) in [5.41, 5.74) is 0.670. The Kier molecular flexibility index (Phi) is 3.79. The molecule has 0 saturated carbocycles. The van der Waals surface area contributed by atoms with Crippen molar-refractivity contribution in [1.29, 1.82) is 0 Å². The van der Waals surface area contributed by atoms with Crippen LogP contribution in [0.2, 0.25) is 10.0 Å². The van der Waals surface area contributed by atoms with Gasteiger partial charge < -0.3 is 0 Å². The van der Waals surface area contributed by atoms with Crippen molar-refractivity contribution in [2.75, 3.05) is 0 Å². The maximum absolute atomic E-state index is 10.4. The lowest BCUT2D eigenvalue weighted by Crippen LogP contribution is -1.79. The summed E-state index contributed by atoms with van der Waals surface area (Å²) in [4.78, 5) is 10.4. The monoisotopic (exact) mass is 234 g/mol. The molecule has 0 N–H and O–H groups in total. The first-order chi connectivity index (χ1) is 6.11. The maximum atomic E-state index is 10.4. The highest BCUT2D eigenvalue weighted by Crippen LogP contribution is 2.26. The summed E-state index contributed by atoms with van der Waals surface area (Å²) in [5.74, 6) is 0. The van der Waals surface area contributed by atoms with E-state index in [0.717, 1.165) is 0 Å². The second-order valence-corrected chi connectivity index (χ2v) is 3.44. The van der Waals surface area contributed by atoms with Gasteiger partial charge in [-0.2, -0.15) is 0 Å². The SMILES string of the molecule is O=C(Cl)/C=C/c1cccc(Cl)c1Cl. The van der Waals surface area contributed by atoms with Gasteiger partial charge in [-0.15, -0.1) is 0 Å². The Morgan fingerprint density at radius 1 is 1.31 bits per heavy atom. The fourth-order valence-electron chi connectivity index (χ4n) is 0.804. The molecule has 0 aliphatic heterocycles. The van der Waals surface area contributed by atoms with Crippen molar-refractivity contribution >= 4 is 46.1 Å². The van der Waals surface area contributed by atoms with Crippen LogP contribution < -0.4 is 0 Å². The minimum atomic E-state index is -0.545. The van der Waals surface area contributed by atoms with Crippen LogP contribution in [0, 0.1) is 0 Å². The molecule has 0 unspecified atom stereocenters. The van der Waals surface area contributed by atoms with Crippen LogP contribution in [0.25, 0.3) is 6.08 Å². The van der Waals surface area contributed by atoms with Crippen LogP contribution in [0.1, 0.15) is 5.56 Å². The van der Waals surface area contributed by atoms with Gasteiger partial charge >= 0.3 is 0 Å². The van der Waals surface area contributed by atoms with Crippen LogP contribution in [0.15, 0.2) is 24.3 Å². The van der Waals surface area contributed by atoms with Crippen molar-refractivity contribution in [3.63, 3.8) is 0 Å². The molecule has 0 amide bonds. The average molecular weight is 235 g/mol. The topological polar surface area (TPSA) is 17.1 Å². The molecule has 0 aliphatic rings. The summed E-state index contributed by atoms with van der Waals surface area (Å²) >= 11 is 16.7. The number of carbonyl (C=O) groups is 1. The normalized spacial score (nSPS) is 10.7. The number of benzene rings is 1. The van der Waals surface area contributed by atoms with Crippen LogP contribution in [0.3, 0.4) is 0 Å². The molecular formula is C9H5Cl3O. The number of hydrogen-bond acceptors (Lipinski definition) is 1. The summed E-state index contributed by atoms with van der Waals surface area (Å²) < 4.78 is 0. The molecule has 1 aromatic carbocycles. The smallest absolute Gasteiger partial charge is 0.245 e. The van der Waals surface area contributed by atoms with Gasteiger partial charge in [-0.25, -0.2) is 0 Å². The predicted octanol–water partition coefficient (Wildman–Crippen LogP) is 3.77. The van der Waals surface area contributed by atoms with Crippen molar-refractivity contribution in [1.82, 2.24) is 0 Å². The molecule has 1 rings (SSSR count). The number of halogens is 3. The van der Waals surface area contributed by atoms with Gasteiger partial charge in [0.15, 0.2) is 0 Å². The van der Waals surface area contributed by atoms with E-state index in [1.165, 1.54) is 12.2 Å². The fraction of sp³-hybridized carbons (Fsp3) is 0. The molecule has 0 bridgehead atoms. The molecular weight excluding hydrogens is 230 g/mol. The average Bonchev–Trinajstić information content (AvgIpc) is 2.07. The number of allylic oxidation sites excluding steroid dienone is 1. The van der Waals surface area contributed by atoms with E-state index >= 15 is 0 Å². The molecule has 0 spiro atoms. The van der Waals surface area contributed by atoms with Crippen LogP contribution in [0.5, 0.6) is 0 Å². The third-order valence-corrected chi connectivity index (χ3v) is 2.33. The quantitative estimate of drug-likeness (QED) is 0.563. The van der Waals surface area contributed by atoms with Crippen LogP contribution in [0.4, 0.5) is 0 Å². The van der Waals surface area contributed by atoms with E-state index in [1.54, 1.807) is 18.2 Å². The molecule has 4 heteroatoms. The van der Waals surface area contributed by atoms with Crippen molar-refractivity contribution in [2.45, 2.75) is 0 Å². The van der Waals surface area contributed by atoms with Gasteiger partial charge in [0.2, 0.25) is 5.24 Å². The van der Waals surface area contributed by atoms with Gasteiger partial charge in [0.1, 0.15) is 0 Å². The van der Waals surface area contributed by atoms with Crippen molar-refractivity contribution in [2.24, 2.45) is 0 Å². The van der Waals surface area contributed by atoms with Gasteiger partial charge in [0.05, 0.1) is 10.0 Å². The lowest BCUT2D eigenvalue weighted by Gasteiger charge is -1.98. The Morgan fingerprint density at radius 3 is 2.62 bits per heavy atom. The summed E-state index contributed by atoms with van der Waals surface area (Å²) in [5, 5.41) is 0.320. The van der Waals surface area contributed by atoms with Crippen LogP contribution >= 0.6 is 34.8 Å². The number of rotatable bonds is 2. The van der Waals surface area contributed by atoms with Crippen molar-refractivity contribution in [3.05, 3.63) is 39.9 Å². The standard InChI is InChI=1S/C9H5Cl3O/c10-7-3-1-2-6(9(7)12)4-5-8(11)13/h1-5H/b5-4+. The Labute approximate surface area is 90.9 Å². The second-order valence-electron chi connectivity index (χ2n) is 2.28. The molecule has 13 heavy (non-hydrogen) atoms. The Morgan fingerprint density at radius 2 is 2.00 bits per heavy atom. The van der Waals surface area contributed by atoms with E-state index in [4.69, 9.17) is 34.8 Å². The lowest BCUT2D eigenvalue weighted by atomic mass is 10.2. The molecule has 0 heterocycles. The number of carbonyl (C=O) groups excluding carboxylic acids is 1. The molecule has 0 aliphatic carbocycles. The zero-order valence-electron chi connectivity index (χ0n) is 6.43.